The van der Waals surface area contributed by atoms with Gasteiger partial charge in [0.05, 0.1) is 7.11 Å². The molecule has 0 aromatic heterocycles. The number of carbonyl (C=O) groups is 1. The second-order valence-corrected chi connectivity index (χ2v) is 7.68. The van der Waals surface area contributed by atoms with Gasteiger partial charge in [0.2, 0.25) is 5.91 Å². The van der Waals surface area contributed by atoms with E-state index in [1.165, 1.54) is 0 Å². The number of carbonyl (C=O) groups excluding carboxylic acids is 1. The van der Waals surface area contributed by atoms with Crippen molar-refractivity contribution < 1.29 is 9.53 Å². The van der Waals surface area contributed by atoms with Crippen LogP contribution >= 0.6 is 11.6 Å². The topological polar surface area (TPSA) is 50.4 Å². The number of rotatable bonds is 7. The van der Waals surface area contributed by atoms with Gasteiger partial charge in [0.15, 0.2) is 0 Å². The summed E-state index contributed by atoms with van der Waals surface area (Å²) in [6, 6.07) is 14.9. The maximum atomic E-state index is 12.6. The molecular weight excluding hydrogens is 372 g/mol. The summed E-state index contributed by atoms with van der Waals surface area (Å²) in [5.74, 6) is 1.56. The second kappa shape index (κ2) is 9.94. The zero-order valence-corrected chi connectivity index (χ0v) is 17.4. The molecule has 1 amide bonds. The summed E-state index contributed by atoms with van der Waals surface area (Å²) in [6.07, 6.45) is 4.01. The Morgan fingerprint density at radius 2 is 1.75 bits per heavy atom. The van der Waals surface area contributed by atoms with Gasteiger partial charge in [0, 0.05) is 29.9 Å². The second-order valence-electron chi connectivity index (χ2n) is 7.41. The zero-order valence-electron chi connectivity index (χ0n) is 16.6. The molecule has 1 aliphatic rings. The Bertz CT molecular complexity index is 784. The van der Waals surface area contributed by atoms with Crippen LogP contribution in [0.15, 0.2) is 42.5 Å². The molecule has 1 fully saturated rings. The van der Waals surface area contributed by atoms with E-state index in [0.717, 1.165) is 53.7 Å². The summed E-state index contributed by atoms with van der Waals surface area (Å²) in [6.45, 7) is 0.474. The molecule has 5 heteroatoms. The van der Waals surface area contributed by atoms with Gasteiger partial charge in [0.25, 0.3) is 0 Å². The van der Waals surface area contributed by atoms with Crippen LogP contribution in [0.2, 0.25) is 0 Å². The number of benzene rings is 2. The fourth-order valence-corrected chi connectivity index (χ4v) is 4.03. The lowest BCUT2D eigenvalue weighted by atomic mass is 9.85. The molecule has 4 nitrogen and oxygen atoms in total. The van der Waals surface area contributed by atoms with Gasteiger partial charge in [0.1, 0.15) is 5.75 Å². The number of ether oxygens (including phenoxy) is 1. The summed E-state index contributed by atoms with van der Waals surface area (Å²) in [4.78, 5) is 12.6. The molecule has 0 unspecified atom stereocenters. The number of hydrogen-bond donors (Lipinski definition) is 2. The SMILES string of the molecule is CNC1CCC(C(=O)NCc2cc(-c3ccc(CCl)cc3)ccc2OC)CC1. The molecule has 0 saturated heterocycles. The fourth-order valence-electron chi connectivity index (χ4n) is 3.85. The molecule has 0 aliphatic heterocycles. The van der Waals surface area contributed by atoms with Crippen LogP contribution in [0.3, 0.4) is 0 Å². The molecule has 0 atom stereocenters. The third-order valence-electron chi connectivity index (χ3n) is 5.68. The molecule has 0 heterocycles. The molecule has 2 aromatic carbocycles. The maximum Gasteiger partial charge on any atom is 0.223 e. The van der Waals surface area contributed by atoms with Gasteiger partial charge >= 0.3 is 0 Å². The van der Waals surface area contributed by atoms with Crippen LogP contribution in [0.4, 0.5) is 0 Å². The maximum absolute atomic E-state index is 12.6. The first kappa shape index (κ1) is 20.7. The van der Waals surface area contributed by atoms with Crippen LogP contribution in [0.5, 0.6) is 5.75 Å². The molecular formula is C23H29ClN2O2. The monoisotopic (exact) mass is 400 g/mol. The van der Waals surface area contributed by atoms with Crippen LogP contribution in [0, 0.1) is 5.92 Å². The average molecular weight is 401 g/mol. The van der Waals surface area contributed by atoms with Crippen molar-refractivity contribution in [1.82, 2.24) is 10.6 Å². The highest BCUT2D eigenvalue weighted by atomic mass is 35.5. The van der Waals surface area contributed by atoms with Gasteiger partial charge in [-0.05, 0) is 61.6 Å². The molecule has 3 rings (SSSR count). The first-order chi connectivity index (χ1) is 13.6. The number of methoxy groups -OCH3 is 1. The minimum atomic E-state index is 0.113. The summed E-state index contributed by atoms with van der Waals surface area (Å²) in [7, 11) is 3.65. The Morgan fingerprint density at radius 3 is 2.36 bits per heavy atom. The van der Waals surface area contributed by atoms with E-state index >= 15 is 0 Å². The van der Waals surface area contributed by atoms with E-state index in [1.807, 2.05) is 31.3 Å². The zero-order chi connectivity index (χ0) is 19.9. The number of hydrogen-bond acceptors (Lipinski definition) is 3. The van der Waals surface area contributed by atoms with E-state index in [1.54, 1.807) is 7.11 Å². The minimum absolute atomic E-state index is 0.113. The van der Waals surface area contributed by atoms with Crippen molar-refractivity contribution in [2.75, 3.05) is 14.2 Å². The molecule has 1 saturated carbocycles. The van der Waals surface area contributed by atoms with Crippen LogP contribution in [-0.4, -0.2) is 26.1 Å². The minimum Gasteiger partial charge on any atom is -0.496 e. The molecule has 0 radical (unpaired) electrons. The van der Waals surface area contributed by atoms with Crippen LogP contribution in [0.1, 0.15) is 36.8 Å². The Hall–Kier alpha value is -2.04. The normalized spacial score (nSPS) is 19.2. The van der Waals surface area contributed by atoms with E-state index < -0.39 is 0 Å². The first-order valence-corrected chi connectivity index (χ1v) is 10.4. The molecule has 2 N–H and O–H groups in total. The molecule has 150 valence electrons. The van der Waals surface area contributed by atoms with Crippen molar-refractivity contribution in [2.24, 2.45) is 5.92 Å². The molecule has 0 bridgehead atoms. The Kier molecular flexibility index (Phi) is 7.35. The lowest BCUT2D eigenvalue weighted by Gasteiger charge is -2.27. The third kappa shape index (κ3) is 5.06. The lowest BCUT2D eigenvalue weighted by Crippen LogP contribution is -2.37. The fraction of sp³-hybridized carbons (Fsp3) is 0.435. The highest BCUT2D eigenvalue weighted by Gasteiger charge is 2.25. The molecule has 2 aromatic rings. The van der Waals surface area contributed by atoms with Crippen molar-refractivity contribution in [1.29, 1.82) is 0 Å². The standard InChI is InChI=1S/C23H29ClN2O2/c1-25-21-10-7-18(8-11-21)23(27)26-15-20-13-19(9-12-22(20)28-2)17-5-3-16(14-24)4-6-17/h3-6,9,12-13,18,21,25H,7-8,10-11,14-15H2,1-2H3,(H,26,27). The van der Waals surface area contributed by atoms with E-state index in [2.05, 4.69) is 28.8 Å². The largest absolute Gasteiger partial charge is 0.496 e. The van der Waals surface area contributed by atoms with Crippen molar-refractivity contribution >= 4 is 17.5 Å². The van der Waals surface area contributed by atoms with Crippen LogP contribution in [0.25, 0.3) is 11.1 Å². The van der Waals surface area contributed by atoms with Crippen molar-refractivity contribution in [3.8, 4) is 16.9 Å². The summed E-state index contributed by atoms with van der Waals surface area (Å²) >= 11 is 5.88. The van der Waals surface area contributed by atoms with Gasteiger partial charge in [-0.2, -0.15) is 0 Å². The van der Waals surface area contributed by atoms with Gasteiger partial charge in [-0.3, -0.25) is 4.79 Å². The highest BCUT2D eigenvalue weighted by Crippen LogP contribution is 2.28. The van der Waals surface area contributed by atoms with Crippen molar-refractivity contribution in [3.63, 3.8) is 0 Å². The molecule has 1 aliphatic carbocycles. The predicted octanol–water partition coefficient (Wildman–Crippen LogP) is 4.50. The summed E-state index contributed by atoms with van der Waals surface area (Å²) in [5, 5.41) is 6.43. The van der Waals surface area contributed by atoms with E-state index in [0.29, 0.717) is 18.5 Å². The van der Waals surface area contributed by atoms with E-state index in [4.69, 9.17) is 16.3 Å². The molecule has 28 heavy (non-hydrogen) atoms. The summed E-state index contributed by atoms with van der Waals surface area (Å²) in [5.41, 5.74) is 4.30. The Labute approximate surface area is 172 Å². The van der Waals surface area contributed by atoms with E-state index in [9.17, 15) is 4.79 Å². The number of halogens is 1. The average Bonchev–Trinajstić information content (AvgIpc) is 2.77. The Morgan fingerprint density at radius 1 is 1.07 bits per heavy atom. The molecule has 0 spiro atoms. The number of alkyl halides is 1. The van der Waals surface area contributed by atoms with Crippen LogP contribution < -0.4 is 15.4 Å². The van der Waals surface area contributed by atoms with Gasteiger partial charge in [-0.25, -0.2) is 0 Å². The lowest BCUT2D eigenvalue weighted by molar-refractivity contribution is -0.126. The predicted molar refractivity (Wildman–Crippen MR) is 115 cm³/mol. The third-order valence-corrected chi connectivity index (χ3v) is 5.99. The van der Waals surface area contributed by atoms with Crippen molar-refractivity contribution in [3.05, 3.63) is 53.6 Å². The summed E-state index contributed by atoms with van der Waals surface area (Å²) < 4.78 is 5.50. The van der Waals surface area contributed by atoms with E-state index in [-0.39, 0.29) is 11.8 Å². The first-order valence-electron chi connectivity index (χ1n) is 9.91. The quantitative estimate of drug-likeness (QED) is 0.673. The van der Waals surface area contributed by atoms with Crippen LogP contribution in [-0.2, 0) is 17.2 Å². The number of nitrogens with one attached hydrogen (secondary N) is 2. The highest BCUT2D eigenvalue weighted by molar-refractivity contribution is 6.17. The number of amides is 1. The Balaban J connectivity index is 1.67. The van der Waals surface area contributed by atoms with Gasteiger partial charge in [-0.1, -0.05) is 30.3 Å². The van der Waals surface area contributed by atoms with Crippen molar-refractivity contribution in [2.45, 2.75) is 44.1 Å². The van der Waals surface area contributed by atoms with Gasteiger partial charge in [-0.15, -0.1) is 11.6 Å². The smallest absolute Gasteiger partial charge is 0.223 e. The van der Waals surface area contributed by atoms with Gasteiger partial charge < -0.3 is 15.4 Å².